The molecule has 2 aromatic rings. The van der Waals surface area contributed by atoms with Crippen molar-refractivity contribution in [1.82, 2.24) is 5.32 Å². The van der Waals surface area contributed by atoms with Crippen LogP contribution in [0.2, 0.25) is 0 Å². The number of fused-ring (bicyclic) bond motifs is 1. The van der Waals surface area contributed by atoms with E-state index in [0.717, 1.165) is 48.2 Å². The molecular weight excluding hydrogens is 290 g/mol. The van der Waals surface area contributed by atoms with Gasteiger partial charge in [-0.3, -0.25) is 0 Å². The van der Waals surface area contributed by atoms with Crippen LogP contribution in [0.3, 0.4) is 0 Å². The molecule has 2 rings (SSSR count). The molecule has 0 spiro atoms. The molecule has 0 aliphatic heterocycles. The first kappa shape index (κ1) is 13.6. The normalized spacial score (nSPS) is 11.3. The van der Waals surface area contributed by atoms with Gasteiger partial charge in [-0.05, 0) is 37.6 Å². The number of rotatable bonds is 6. The monoisotopic (exact) mass is 309 g/mol. The lowest BCUT2D eigenvalue weighted by molar-refractivity contribution is 0.507. The minimum atomic E-state index is 0.829. The first-order chi connectivity index (χ1) is 8.76. The summed E-state index contributed by atoms with van der Waals surface area (Å²) in [5.41, 5.74) is 2.35. The molecular formula is C15H20BrNO. The average Bonchev–Trinajstić information content (AvgIpc) is 2.68. The first-order valence-electron chi connectivity index (χ1n) is 6.66. The Kier molecular flexibility index (Phi) is 4.84. The Labute approximate surface area is 117 Å². The van der Waals surface area contributed by atoms with Crippen molar-refractivity contribution in [3.8, 4) is 0 Å². The average molecular weight is 310 g/mol. The third-order valence-corrected chi connectivity index (χ3v) is 3.54. The van der Waals surface area contributed by atoms with Gasteiger partial charge in [0.15, 0.2) is 0 Å². The fourth-order valence-electron chi connectivity index (χ4n) is 2.22. The van der Waals surface area contributed by atoms with Crippen LogP contribution in [0.25, 0.3) is 11.0 Å². The lowest BCUT2D eigenvalue weighted by Crippen LogP contribution is -2.14. The van der Waals surface area contributed by atoms with Gasteiger partial charge in [-0.25, -0.2) is 0 Å². The van der Waals surface area contributed by atoms with E-state index in [4.69, 9.17) is 4.42 Å². The largest absolute Gasteiger partial charge is 0.459 e. The lowest BCUT2D eigenvalue weighted by atomic mass is 10.1. The molecule has 0 fully saturated rings. The van der Waals surface area contributed by atoms with E-state index in [-0.39, 0.29) is 0 Å². The Morgan fingerprint density at radius 3 is 2.78 bits per heavy atom. The molecule has 1 N–H and O–H groups in total. The molecule has 1 heterocycles. The lowest BCUT2D eigenvalue weighted by Gasteiger charge is -2.03. The van der Waals surface area contributed by atoms with E-state index in [1.165, 1.54) is 10.9 Å². The number of aryl methyl sites for hydroxylation is 1. The molecule has 0 saturated heterocycles. The second-order valence-electron chi connectivity index (χ2n) is 4.57. The zero-order valence-electron chi connectivity index (χ0n) is 11.1. The predicted octanol–water partition coefficient (Wildman–Crippen LogP) is 4.65. The topological polar surface area (TPSA) is 25.2 Å². The summed E-state index contributed by atoms with van der Waals surface area (Å²) in [6, 6.07) is 6.24. The second kappa shape index (κ2) is 6.39. The number of benzene rings is 1. The molecule has 18 heavy (non-hydrogen) atoms. The number of nitrogens with one attached hydrogen (secondary N) is 1. The molecule has 98 valence electrons. The summed E-state index contributed by atoms with van der Waals surface area (Å²) in [5.74, 6) is 1.10. The molecule has 0 aliphatic carbocycles. The van der Waals surface area contributed by atoms with Crippen LogP contribution in [-0.4, -0.2) is 6.54 Å². The molecule has 0 amide bonds. The van der Waals surface area contributed by atoms with Crippen molar-refractivity contribution >= 4 is 26.9 Å². The molecule has 1 aromatic heterocycles. The van der Waals surface area contributed by atoms with Gasteiger partial charge in [0.05, 0.1) is 6.54 Å². The Morgan fingerprint density at radius 1 is 1.22 bits per heavy atom. The van der Waals surface area contributed by atoms with E-state index in [9.17, 15) is 0 Å². The van der Waals surface area contributed by atoms with Crippen molar-refractivity contribution in [3.63, 3.8) is 0 Å². The van der Waals surface area contributed by atoms with Gasteiger partial charge < -0.3 is 9.73 Å². The summed E-state index contributed by atoms with van der Waals surface area (Å²) in [6.07, 6.45) is 3.36. The second-order valence-corrected chi connectivity index (χ2v) is 5.49. The predicted molar refractivity (Wildman–Crippen MR) is 79.9 cm³/mol. The van der Waals surface area contributed by atoms with Crippen LogP contribution >= 0.6 is 15.9 Å². The fraction of sp³-hybridized carbons (Fsp3) is 0.467. The van der Waals surface area contributed by atoms with Gasteiger partial charge in [-0.15, -0.1) is 0 Å². The van der Waals surface area contributed by atoms with Crippen LogP contribution < -0.4 is 5.32 Å². The Hall–Kier alpha value is -0.800. The number of hydrogen-bond donors (Lipinski definition) is 1. The van der Waals surface area contributed by atoms with Crippen molar-refractivity contribution in [2.45, 2.75) is 39.7 Å². The quantitative estimate of drug-likeness (QED) is 0.786. The Bertz CT molecular complexity index is 518. The van der Waals surface area contributed by atoms with Crippen molar-refractivity contribution in [1.29, 1.82) is 0 Å². The summed E-state index contributed by atoms with van der Waals surface area (Å²) in [5, 5.41) is 4.67. The van der Waals surface area contributed by atoms with E-state index in [0.29, 0.717) is 0 Å². The zero-order chi connectivity index (χ0) is 13.0. The number of halogens is 1. The van der Waals surface area contributed by atoms with Gasteiger partial charge in [0.1, 0.15) is 11.3 Å². The number of hydrogen-bond acceptors (Lipinski definition) is 2. The number of furan rings is 1. The van der Waals surface area contributed by atoms with Gasteiger partial charge in [-0.2, -0.15) is 0 Å². The highest BCUT2D eigenvalue weighted by Gasteiger charge is 2.13. The molecule has 0 radical (unpaired) electrons. The van der Waals surface area contributed by atoms with E-state index >= 15 is 0 Å². The van der Waals surface area contributed by atoms with E-state index in [1.54, 1.807) is 0 Å². The van der Waals surface area contributed by atoms with Crippen molar-refractivity contribution in [2.24, 2.45) is 0 Å². The summed E-state index contributed by atoms with van der Waals surface area (Å²) in [6.45, 7) is 6.25. The summed E-state index contributed by atoms with van der Waals surface area (Å²) < 4.78 is 7.08. The minimum Gasteiger partial charge on any atom is -0.459 e. The smallest absolute Gasteiger partial charge is 0.134 e. The van der Waals surface area contributed by atoms with Crippen LogP contribution in [0.4, 0.5) is 0 Å². The highest BCUT2D eigenvalue weighted by atomic mass is 79.9. The van der Waals surface area contributed by atoms with Gasteiger partial charge in [0.25, 0.3) is 0 Å². The van der Waals surface area contributed by atoms with Crippen LogP contribution in [0.1, 0.15) is 38.0 Å². The molecule has 0 saturated carbocycles. The van der Waals surface area contributed by atoms with Crippen LogP contribution in [-0.2, 0) is 13.0 Å². The molecule has 0 aliphatic rings. The maximum atomic E-state index is 5.97. The third kappa shape index (κ3) is 2.96. The maximum absolute atomic E-state index is 5.97. The van der Waals surface area contributed by atoms with Crippen LogP contribution in [0, 0.1) is 0 Å². The Morgan fingerprint density at radius 2 is 2.06 bits per heavy atom. The SMILES string of the molecule is CCCNCc1oc2ccc(Br)cc2c1CCC. The van der Waals surface area contributed by atoms with Gasteiger partial charge >= 0.3 is 0 Å². The highest BCUT2D eigenvalue weighted by Crippen LogP contribution is 2.29. The summed E-state index contributed by atoms with van der Waals surface area (Å²) in [7, 11) is 0. The molecule has 1 aromatic carbocycles. The van der Waals surface area contributed by atoms with Crippen LogP contribution in [0.15, 0.2) is 27.1 Å². The van der Waals surface area contributed by atoms with Gasteiger partial charge in [0.2, 0.25) is 0 Å². The highest BCUT2D eigenvalue weighted by molar-refractivity contribution is 9.10. The van der Waals surface area contributed by atoms with Gasteiger partial charge in [0, 0.05) is 15.4 Å². The minimum absolute atomic E-state index is 0.829. The molecule has 2 nitrogen and oxygen atoms in total. The van der Waals surface area contributed by atoms with Crippen molar-refractivity contribution in [3.05, 3.63) is 34.0 Å². The van der Waals surface area contributed by atoms with Gasteiger partial charge in [-0.1, -0.05) is 36.2 Å². The van der Waals surface area contributed by atoms with E-state index in [2.05, 4.69) is 41.2 Å². The molecule has 0 bridgehead atoms. The Balaban J connectivity index is 2.35. The molecule has 0 unspecified atom stereocenters. The van der Waals surface area contributed by atoms with Crippen molar-refractivity contribution in [2.75, 3.05) is 6.54 Å². The fourth-order valence-corrected chi connectivity index (χ4v) is 2.58. The molecule has 0 atom stereocenters. The summed E-state index contributed by atoms with van der Waals surface area (Å²) in [4.78, 5) is 0. The van der Waals surface area contributed by atoms with E-state index < -0.39 is 0 Å². The van der Waals surface area contributed by atoms with E-state index in [1.807, 2.05) is 12.1 Å². The summed E-state index contributed by atoms with van der Waals surface area (Å²) >= 11 is 3.53. The maximum Gasteiger partial charge on any atom is 0.134 e. The standard InChI is InChI=1S/C15H20BrNO/c1-3-5-12-13-9-11(16)6-7-14(13)18-15(12)10-17-8-4-2/h6-7,9,17H,3-5,8,10H2,1-2H3. The first-order valence-corrected chi connectivity index (χ1v) is 7.46. The van der Waals surface area contributed by atoms with Crippen molar-refractivity contribution < 1.29 is 4.42 Å². The zero-order valence-corrected chi connectivity index (χ0v) is 12.6. The molecule has 3 heteroatoms. The van der Waals surface area contributed by atoms with Crippen LogP contribution in [0.5, 0.6) is 0 Å². The third-order valence-electron chi connectivity index (χ3n) is 3.05.